The number of anilines is 1. The highest BCUT2D eigenvalue weighted by atomic mass is 19.1. The molecule has 2 atom stereocenters. The standard InChI is InChI=1S/C16H27FN2O/c1-11(2)8-14(10-20)18-12(3)15-7-6-13(17)9-16(15)19(4)5/h6-7,9,11-12,14,18,20H,8,10H2,1-5H3. The minimum atomic E-state index is -0.231. The van der Waals surface area contributed by atoms with Gasteiger partial charge in [0.05, 0.1) is 6.61 Å². The first-order valence-electron chi connectivity index (χ1n) is 7.18. The second-order valence-corrected chi connectivity index (χ2v) is 5.99. The molecule has 114 valence electrons. The van der Waals surface area contributed by atoms with Crippen LogP contribution in [0.4, 0.5) is 10.1 Å². The Morgan fingerprint density at radius 3 is 2.40 bits per heavy atom. The van der Waals surface area contributed by atoms with Crippen molar-refractivity contribution in [2.75, 3.05) is 25.6 Å². The van der Waals surface area contributed by atoms with Gasteiger partial charge < -0.3 is 15.3 Å². The van der Waals surface area contributed by atoms with Gasteiger partial charge in [0.15, 0.2) is 0 Å². The van der Waals surface area contributed by atoms with Gasteiger partial charge in [0.2, 0.25) is 0 Å². The molecule has 0 radical (unpaired) electrons. The fraction of sp³-hybridized carbons (Fsp3) is 0.625. The van der Waals surface area contributed by atoms with Crippen LogP contribution in [0.25, 0.3) is 0 Å². The molecule has 0 heterocycles. The highest BCUT2D eigenvalue weighted by Crippen LogP contribution is 2.26. The van der Waals surface area contributed by atoms with E-state index in [9.17, 15) is 9.50 Å². The molecule has 0 aliphatic carbocycles. The molecular weight excluding hydrogens is 255 g/mol. The van der Waals surface area contributed by atoms with E-state index in [1.165, 1.54) is 6.07 Å². The second kappa shape index (κ2) is 7.60. The lowest BCUT2D eigenvalue weighted by Crippen LogP contribution is -2.36. The summed E-state index contributed by atoms with van der Waals surface area (Å²) in [6.07, 6.45) is 0.916. The summed E-state index contributed by atoms with van der Waals surface area (Å²) in [5, 5.41) is 12.9. The van der Waals surface area contributed by atoms with Gasteiger partial charge in [-0.3, -0.25) is 0 Å². The molecule has 0 aliphatic rings. The Kier molecular flexibility index (Phi) is 6.43. The molecule has 0 saturated heterocycles. The maximum atomic E-state index is 13.4. The first-order valence-corrected chi connectivity index (χ1v) is 7.18. The fourth-order valence-electron chi connectivity index (χ4n) is 2.48. The smallest absolute Gasteiger partial charge is 0.125 e. The first-order chi connectivity index (χ1) is 9.35. The highest BCUT2D eigenvalue weighted by Gasteiger charge is 2.17. The van der Waals surface area contributed by atoms with Gasteiger partial charge in [0.25, 0.3) is 0 Å². The van der Waals surface area contributed by atoms with Crippen LogP contribution in [0.1, 0.15) is 38.8 Å². The van der Waals surface area contributed by atoms with Crippen molar-refractivity contribution in [1.29, 1.82) is 0 Å². The second-order valence-electron chi connectivity index (χ2n) is 5.99. The summed E-state index contributed by atoms with van der Waals surface area (Å²) >= 11 is 0. The average Bonchev–Trinajstić information content (AvgIpc) is 2.36. The fourth-order valence-corrected chi connectivity index (χ4v) is 2.48. The van der Waals surface area contributed by atoms with E-state index in [1.54, 1.807) is 6.07 Å². The molecule has 2 unspecified atom stereocenters. The lowest BCUT2D eigenvalue weighted by molar-refractivity contribution is 0.215. The molecule has 0 saturated carbocycles. The van der Waals surface area contributed by atoms with Crippen LogP contribution in [-0.4, -0.2) is 31.9 Å². The molecule has 0 fully saturated rings. The first kappa shape index (κ1) is 16.9. The molecule has 3 nitrogen and oxygen atoms in total. The van der Waals surface area contributed by atoms with E-state index in [4.69, 9.17) is 0 Å². The average molecular weight is 282 g/mol. The van der Waals surface area contributed by atoms with Gasteiger partial charge in [-0.2, -0.15) is 0 Å². The summed E-state index contributed by atoms with van der Waals surface area (Å²) < 4.78 is 13.4. The van der Waals surface area contributed by atoms with Crippen LogP contribution in [0.2, 0.25) is 0 Å². The zero-order valence-electron chi connectivity index (χ0n) is 13.2. The molecule has 0 aliphatic heterocycles. The number of rotatable bonds is 7. The number of nitrogens with one attached hydrogen (secondary N) is 1. The van der Waals surface area contributed by atoms with Crippen molar-refractivity contribution in [2.24, 2.45) is 5.92 Å². The zero-order chi connectivity index (χ0) is 15.3. The van der Waals surface area contributed by atoms with Crippen LogP contribution in [0, 0.1) is 11.7 Å². The van der Waals surface area contributed by atoms with Crippen molar-refractivity contribution in [3.8, 4) is 0 Å². The number of hydrogen-bond acceptors (Lipinski definition) is 3. The lowest BCUT2D eigenvalue weighted by Gasteiger charge is -2.27. The van der Waals surface area contributed by atoms with Crippen molar-refractivity contribution in [1.82, 2.24) is 5.32 Å². The summed E-state index contributed by atoms with van der Waals surface area (Å²) in [5.74, 6) is 0.291. The predicted molar refractivity (Wildman–Crippen MR) is 82.6 cm³/mol. The van der Waals surface area contributed by atoms with E-state index in [1.807, 2.05) is 32.0 Å². The lowest BCUT2D eigenvalue weighted by atomic mass is 10.0. The summed E-state index contributed by atoms with van der Waals surface area (Å²) in [7, 11) is 3.81. The van der Waals surface area contributed by atoms with Crippen LogP contribution in [0.5, 0.6) is 0 Å². The normalized spacial score (nSPS) is 14.4. The predicted octanol–water partition coefficient (Wildman–Crippen LogP) is 2.95. The van der Waals surface area contributed by atoms with Crippen molar-refractivity contribution in [3.05, 3.63) is 29.6 Å². The zero-order valence-corrected chi connectivity index (χ0v) is 13.2. The third-order valence-corrected chi connectivity index (χ3v) is 3.40. The summed E-state index contributed by atoms with van der Waals surface area (Å²) in [6, 6.07) is 4.96. The third-order valence-electron chi connectivity index (χ3n) is 3.40. The summed E-state index contributed by atoms with van der Waals surface area (Å²) in [6.45, 7) is 6.43. The van der Waals surface area contributed by atoms with Crippen molar-refractivity contribution in [2.45, 2.75) is 39.3 Å². The Morgan fingerprint density at radius 1 is 1.25 bits per heavy atom. The number of nitrogens with zero attached hydrogens (tertiary/aromatic N) is 1. The SMILES string of the molecule is CC(C)CC(CO)NC(C)c1ccc(F)cc1N(C)C. The monoisotopic (exact) mass is 282 g/mol. The molecule has 4 heteroatoms. The minimum absolute atomic E-state index is 0.0592. The minimum Gasteiger partial charge on any atom is -0.395 e. The number of hydrogen-bond donors (Lipinski definition) is 2. The van der Waals surface area contributed by atoms with Gasteiger partial charge in [-0.05, 0) is 37.0 Å². The van der Waals surface area contributed by atoms with E-state index >= 15 is 0 Å². The van der Waals surface area contributed by atoms with Crippen LogP contribution >= 0.6 is 0 Å². The molecule has 0 amide bonds. The van der Waals surface area contributed by atoms with Crippen LogP contribution in [0.3, 0.4) is 0 Å². The van der Waals surface area contributed by atoms with E-state index < -0.39 is 0 Å². The van der Waals surface area contributed by atoms with E-state index in [-0.39, 0.29) is 24.5 Å². The number of benzene rings is 1. The van der Waals surface area contributed by atoms with Gasteiger partial charge in [-0.15, -0.1) is 0 Å². The third kappa shape index (κ3) is 4.76. The molecule has 1 rings (SSSR count). The van der Waals surface area contributed by atoms with Crippen LogP contribution < -0.4 is 10.2 Å². The van der Waals surface area contributed by atoms with Crippen molar-refractivity contribution < 1.29 is 9.50 Å². The van der Waals surface area contributed by atoms with E-state index in [0.29, 0.717) is 5.92 Å². The van der Waals surface area contributed by atoms with Gasteiger partial charge in [0.1, 0.15) is 5.82 Å². The Hall–Kier alpha value is -1.13. The molecule has 0 bridgehead atoms. The number of aliphatic hydroxyl groups excluding tert-OH is 1. The Labute approximate surface area is 121 Å². The molecule has 0 aromatic heterocycles. The van der Waals surface area contributed by atoms with Gasteiger partial charge >= 0.3 is 0 Å². The summed E-state index contributed by atoms with van der Waals surface area (Å²) in [4.78, 5) is 1.91. The molecule has 1 aromatic carbocycles. The molecule has 1 aromatic rings. The Morgan fingerprint density at radius 2 is 1.90 bits per heavy atom. The number of halogens is 1. The van der Waals surface area contributed by atoms with Gasteiger partial charge in [-0.1, -0.05) is 19.9 Å². The van der Waals surface area contributed by atoms with Gasteiger partial charge in [-0.25, -0.2) is 4.39 Å². The van der Waals surface area contributed by atoms with Crippen LogP contribution in [0.15, 0.2) is 18.2 Å². The highest BCUT2D eigenvalue weighted by molar-refractivity contribution is 5.54. The van der Waals surface area contributed by atoms with Crippen molar-refractivity contribution in [3.63, 3.8) is 0 Å². The van der Waals surface area contributed by atoms with Crippen LogP contribution in [-0.2, 0) is 0 Å². The quantitative estimate of drug-likeness (QED) is 0.807. The Bertz CT molecular complexity index is 421. The maximum Gasteiger partial charge on any atom is 0.125 e. The number of aliphatic hydroxyl groups is 1. The van der Waals surface area contributed by atoms with E-state index in [0.717, 1.165) is 17.7 Å². The Balaban J connectivity index is 2.88. The molecular formula is C16H27FN2O. The molecule has 20 heavy (non-hydrogen) atoms. The van der Waals surface area contributed by atoms with Crippen molar-refractivity contribution >= 4 is 5.69 Å². The summed E-state index contributed by atoms with van der Waals surface area (Å²) in [5.41, 5.74) is 1.91. The van der Waals surface area contributed by atoms with Gasteiger partial charge in [0, 0.05) is 31.9 Å². The molecule has 2 N–H and O–H groups in total. The largest absolute Gasteiger partial charge is 0.395 e. The molecule has 0 spiro atoms. The topological polar surface area (TPSA) is 35.5 Å². The van der Waals surface area contributed by atoms with E-state index in [2.05, 4.69) is 19.2 Å². The maximum absolute atomic E-state index is 13.4.